The summed E-state index contributed by atoms with van der Waals surface area (Å²) in [4.78, 5) is 34.6. The Bertz CT molecular complexity index is 821. The molecule has 2 amide bonds. The van der Waals surface area contributed by atoms with E-state index >= 15 is 0 Å². The second-order valence-electron chi connectivity index (χ2n) is 4.98. The van der Waals surface area contributed by atoms with E-state index in [1.165, 1.54) is 18.3 Å². The van der Waals surface area contributed by atoms with Crippen LogP contribution in [0.2, 0.25) is 0 Å². The van der Waals surface area contributed by atoms with Gasteiger partial charge in [-0.25, -0.2) is 9.97 Å². The van der Waals surface area contributed by atoms with E-state index in [2.05, 4.69) is 25.6 Å². The van der Waals surface area contributed by atoms with Gasteiger partial charge in [0.25, 0.3) is 0 Å². The lowest BCUT2D eigenvalue weighted by Crippen LogP contribution is -2.25. The number of para-hydroxylation sites is 2. The van der Waals surface area contributed by atoms with E-state index in [0.29, 0.717) is 23.2 Å². The molecule has 7 nitrogen and oxygen atoms in total. The standard InChI is InChI=1S/C15H15N5O2S/c1-9(21)17-15-18-10(8-23-15)6-14(22)16-7-13-19-11-4-2-3-5-12(11)20-13/h2-5,8H,6-7H2,1H3,(H,16,22)(H,19,20)(H,17,18,21). The molecule has 0 aliphatic carbocycles. The average Bonchev–Trinajstić information content (AvgIpc) is 3.10. The van der Waals surface area contributed by atoms with Gasteiger partial charge in [-0.1, -0.05) is 12.1 Å². The smallest absolute Gasteiger partial charge is 0.226 e. The van der Waals surface area contributed by atoms with Crippen molar-refractivity contribution in [1.82, 2.24) is 20.3 Å². The van der Waals surface area contributed by atoms with Gasteiger partial charge in [-0.05, 0) is 12.1 Å². The van der Waals surface area contributed by atoms with Crippen LogP contribution in [0.4, 0.5) is 5.13 Å². The molecule has 0 saturated heterocycles. The number of nitrogens with one attached hydrogen (secondary N) is 3. The lowest BCUT2D eigenvalue weighted by molar-refractivity contribution is -0.120. The van der Waals surface area contributed by atoms with Crippen LogP contribution < -0.4 is 10.6 Å². The maximum atomic E-state index is 12.0. The van der Waals surface area contributed by atoms with Gasteiger partial charge < -0.3 is 15.6 Å². The number of thiazole rings is 1. The number of aromatic amines is 1. The number of hydrogen-bond donors (Lipinski definition) is 3. The molecular weight excluding hydrogens is 314 g/mol. The molecule has 0 aliphatic heterocycles. The third-order valence-electron chi connectivity index (χ3n) is 3.07. The highest BCUT2D eigenvalue weighted by molar-refractivity contribution is 7.13. The summed E-state index contributed by atoms with van der Waals surface area (Å²) in [5, 5.41) is 7.65. The predicted octanol–water partition coefficient (Wildman–Crippen LogP) is 1.84. The number of rotatable bonds is 5. The summed E-state index contributed by atoms with van der Waals surface area (Å²) < 4.78 is 0. The lowest BCUT2D eigenvalue weighted by Gasteiger charge is -2.01. The largest absolute Gasteiger partial charge is 0.349 e. The Kier molecular flexibility index (Phi) is 4.33. The van der Waals surface area contributed by atoms with Gasteiger partial charge >= 0.3 is 0 Å². The molecule has 0 spiro atoms. The molecule has 0 atom stereocenters. The number of carbonyl (C=O) groups excluding carboxylic acids is 2. The Morgan fingerprint density at radius 2 is 2.09 bits per heavy atom. The van der Waals surface area contributed by atoms with Crippen molar-refractivity contribution in [3.63, 3.8) is 0 Å². The van der Waals surface area contributed by atoms with Crippen molar-refractivity contribution in [3.05, 3.63) is 41.2 Å². The summed E-state index contributed by atoms with van der Waals surface area (Å²) >= 11 is 1.30. The summed E-state index contributed by atoms with van der Waals surface area (Å²) in [6.07, 6.45) is 0.163. The van der Waals surface area contributed by atoms with Crippen LogP contribution in [0.1, 0.15) is 18.4 Å². The van der Waals surface area contributed by atoms with Crippen LogP contribution >= 0.6 is 11.3 Å². The van der Waals surface area contributed by atoms with Gasteiger partial charge in [0.05, 0.1) is 29.7 Å². The van der Waals surface area contributed by atoms with Gasteiger partial charge in [-0.15, -0.1) is 11.3 Å². The number of anilines is 1. The summed E-state index contributed by atoms with van der Waals surface area (Å²) in [7, 11) is 0. The highest BCUT2D eigenvalue weighted by atomic mass is 32.1. The molecule has 0 unspecified atom stereocenters. The SMILES string of the molecule is CC(=O)Nc1nc(CC(=O)NCc2nc3ccccc3[nH]2)cs1. The molecular formula is C15H15N5O2S. The molecule has 23 heavy (non-hydrogen) atoms. The first kappa shape index (κ1) is 15.2. The van der Waals surface area contributed by atoms with E-state index in [-0.39, 0.29) is 18.2 Å². The van der Waals surface area contributed by atoms with Gasteiger partial charge in [-0.3, -0.25) is 9.59 Å². The monoisotopic (exact) mass is 329 g/mol. The number of H-pyrrole nitrogens is 1. The van der Waals surface area contributed by atoms with Crippen LogP contribution in [-0.2, 0) is 22.6 Å². The molecule has 0 aliphatic rings. The highest BCUT2D eigenvalue weighted by Gasteiger charge is 2.09. The molecule has 3 aromatic rings. The second kappa shape index (κ2) is 6.57. The van der Waals surface area contributed by atoms with Crippen molar-refractivity contribution >= 4 is 39.3 Å². The van der Waals surface area contributed by atoms with Gasteiger partial charge in [0, 0.05) is 12.3 Å². The number of aromatic nitrogens is 3. The van der Waals surface area contributed by atoms with Crippen molar-refractivity contribution in [2.45, 2.75) is 19.9 Å². The minimum Gasteiger partial charge on any atom is -0.349 e. The minimum absolute atomic E-state index is 0.148. The number of carbonyl (C=O) groups is 2. The Hall–Kier alpha value is -2.74. The number of hydrogen-bond acceptors (Lipinski definition) is 5. The van der Waals surface area contributed by atoms with Gasteiger partial charge in [0.15, 0.2) is 5.13 Å². The normalized spacial score (nSPS) is 10.7. The quantitative estimate of drug-likeness (QED) is 0.665. The lowest BCUT2D eigenvalue weighted by atomic mass is 10.3. The number of benzene rings is 1. The maximum absolute atomic E-state index is 12.0. The molecule has 1 aromatic carbocycles. The number of fused-ring (bicyclic) bond motifs is 1. The second-order valence-corrected chi connectivity index (χ2v) is 5.84. The van der Waals surface area contributed by atoms with Crippen LogP contribution in [0.3, 0.4) is 0 Å². The zero-order valence-electron chi connectivity index (χ0n) is 12.4. The summed E-state index contributed by atoms with van der Waals surface area (Å²) in [6, 6.07) is 7.70. The van der Waals surface area contributed by atoms with Crippen LogP contribution in [0.5, 0.6) is 0 Å². The van der Waals surface area contributed by atoms with Crippen LogP contribution in [0, 0.1) is 0 Å². The number of nitrogens with zero attached hydrogens (tertiary/aromatic N) is 2. The van der Waals surface area contributed by atoms with E-state index in [9.17, 15) is 9.59 Å². The fraction of sp³-hybridized carbons (Fsp3) is 0.200. The topological polar surface area (TPSA) is 99.8 Å². The molecule has 0 radical (unpaired) electrons. The average molecular weight is 329 g/mol. The molecule has 0 saturated carbocycles. The van der Waals surface area contributed by atoms with Crippen molar-refractivity contribution in [2.24, 2.45) is 0 Å². The first-order valence-electron chi connectivity index (χ1n) is 7.02. The molecule has 0 fully saturated rings. The Morgan fingerprint density at radius 1 is 1.26 bits per heavy atom. The predicted molar refractivity (Wildman–Crippen MR) is 88.1 cm³/mol. The van der Waals surface area contributed by atoms with E-state index in [1.54, 1.807) is 5.38 Å². The molecule has 2 heterocycles. The fourth-order valence-corrected chi connectivity index (χ4v) is 2.85. The van der Waals surface area contributed by atoms with Gasteiger partial charge in [0.1, 0.15) is 5.82 Å². The summed E-state index contributed by atoms with van der Waals surface area (Å²) in [5.41, 5.74) is 2.44. The zero-order valence-corrected chi connectivity index (χ0v) is 13.2. The highest BCUT2D eigenvalue weighted by Crippen LogP contribution is 2.15. The summed E-state index contributed by atoms with van der Waals surface area (Å²) in [5.74, 6) is 0.377. The Morgan fingerprint density at radius 3 is 2.87 bits per heavy atom. The molecule has 8 heteroatoms. The molecule has 0 bridgehead atoms. The number of imidazole rings is 1. The van der Waals surface area contributed by atoms with Crippen LogP contribution in [-0.4, -0.2) is 26.8 Å². The number of amides is 2. The van der Waals surface area contributed by atoms with E-state index in [0.717, 1.165) is 11.0 Å². The zero-order chi connectivity index (χ0) is 16.2. The Labute approximate surface area is 136 Å². The van der Waals surface area contributed by atoms with Gasteiger partial charge in [-0.2, -0.15) is 0 Å². The van der Waals surface area contributed by atoms with Crippen molar-refractivity contribution in [3.8, 4) is 0 Å². The molecule has 2 aromatic heterocycles. The molecule has 3 N–H and O–H groups in total. The third kappa shape index (κ3) is 3.92. The Balaban J connectivity index is 1.54. The van der Waals surface area contributed by atoms with Gasteiger partial charge in [0.2, 0.25) is 11.8 Å². The summed E-state index contributed by atoms with van der Waals surface area (Å²) in [6.45, 7) is 1.75. The van der Waals surface area contributed by atoms with E-state index in [4.69, 9.17) is 0 Å². The van der Waals surface area contributed by atoms with Crippen molar-refractivity contribution in [1.29, 1.82) is 0 Å². The maximum Gasteiger partial charge on any atom is 0.226 e. The van der Waals surface area contributed by atoms with E-state index < -0.39 is 0 Å². The first-order chi connectivity index (χ1) is 11.1. The van der Waals surface area contributed by atoms with E-state index in [1.807, 2.05) is 24.3 Å². The fourth-order valence-electron chi connectivity index (χ4n) is 2.09. The van der Waals surface area contributed by atoms with Crippen molar-refractivity contribution < 1.29 is 9.59 Å². The molecule has 118 valence electrons. The van der Waals surface area contributed by atoms with Crippen LogP contribution in [0.15, 0.2) is 29.6 Å². The first-order valence-corrected chi connectivity index (χ1v) is 7.90. The third-order valence-corrected chi connectivity index (χ3v) is 3.87. The van der Waals surface area contributed by atoms with Crippen LogP contribution in [0.25, 0.3) is 11.0 Å². The minimum atomic E-state index is -0.180. The molecule has 3 rings (SSSR count). The van der Waals surface area contributed by atoms with Crippen molar-refractivity contribution in [2.75, 3.05) is 5.32 Å².